The molecule has 1 amide bonds. The summed E-state index contributed by atoms with van der Waals surface area (Å²) < 4.78 is 7.72. The number of benzene rings is 1. The zero-order valence-corrected chi connectivity index (χ0v) is 14.6. The topological polar surface area (TPSA) is 93.4 Å². The smallest absolute Gasteiger partial charge is 0.250 e. The summed E-state index contributed by atoms with van der Waals surface area (Å²) in [7, 11) is 1.52. The van der Waals surface area contributed by atoms with Crippen LogP contribution < -0.4 is 10.5 Å². The predicted octanol–water partition coefficient (Wildman–Crippen LogP) is 3.05. The normalized spacial score (nSPS) is 10.6. The number of imidazole rings is 1. The van der Waals surface area contributed by atoms with Gasteiger partial charge in [-0.15, -0.1) is 0 Å². The molecule has 0 spiro atoms. The summed E-state index contributed by atoms with van der Waals surface area (Å²) in [6, 6.07) is 9.04. The number of rotatable bonds is 3. The Hall–Kier alpha value is -2.85. The highest BCUT2D eigenvalue weighted by Gasteiger charge is 2.16. The van der Waals surface area contributed by atoms with E-state index in [1.165, 1.54) is 7.11 Å². The van der Waals surface area contributed by atoms with Crippen molar-refractivity contribution in [1.29, 1.82) is 5.26 Å². The summed E-state index contributed by atoms with van der Waals surface area (Å²) in [5.74, 6) is -0.0179. The van der Waals surface area contributed by atoms with Crippen LogP contribution in [0, 0.1) is 18.3 Å². The number of carbonyl (C=O) groups is 1. The van der Waals surface area contributed by atoms with E-state index in [2.05, 4.69) is 27.0 Å². The molecule has 6 nitrogen and oxygen atoms in total. The Morgan fingerprint density at radius 3 is 2.79 bits per heavy atom. The van der Waals surface area contributed by atoms with E-state index in [9.17, 15) is 4.79 Å². The van der Waals surface area contributed by atoms with Crippen molar-refractivity contribution in [3.63, 3.8) is 0 Å². The number of carbonyl (C=O) groups excluding carboxylic acids is 1. The number of aromatic nitrogens is 2. The average Bonchev–Trinajstić information content (AvgIpc) is 2.91. The third-order valence-corrected chi connectivity index (χ3v) is 4.48. The van der Waals surface area contributed by atoms with Gasteiger partial charge in [-0.2, -0.15) is 5.26 Å². The fourth-order valence-corrected chi connectivity index (χ4v) is 3.12. The van der Waals surface area contributed by atoms with Crippen molar-refractivity contribution in [2.24, 2.45) is 5.73 Å². The van der Waals surface area contributed by atoms with Crippen LogP contribution in [0.3, 0.4) is 0 Å². The van der Waals surface area contributed by atoms with Crippen molar-refractivity contribution in [2.75, 3.05) is 7.11 Å². The van der Waals surface area contributed by atoms with Gasteiger partial charge in [0.25, 0.3) is 0 Å². The predicted molar refractivity (Wildman–Crippen MR) is 92.8 cm³/mol. The Balaban J connectivity index is 2.25. The van der Waals surface area contributed by atoms with Gasteiger partial charge in [0.15, 0.2) is 0 Å². The summed E-state index contributed by atoms with van der Waals surface area (Å²) in [4.78, 5) is 16.1. The Kier molecular flexibility index (Phi) is 3.99. The maximum absolute atomic E-state index is 11.5. The number of nitrogens with two attached hydrogens (primary N) is 1. The highest BCUT2D eigenvalue weighted by molar-refractivity contribution is 9.10. The maximum Gasteiger partial charge on any atom is 0.250 e. The molecular formula is C17H13BrN4O2. The van der Waals surface area contributed by atoms with E-state index in [0.717, 1.165) is 11.1 Å². The molecule has 0 atom stereocenters. The molecule has 7 heteroatoms. The Labute approximate surface area is 146 Å². The molecule has 0 aliphatic rings. The second-order valence-corrected chi connectivity index (χ2v) is 6.00. The molecule has 120 valence electrons. The van der Waals surface area contributed by atoms with Gasteiger partial charge in [-0.05, 0) is 46.6 Å². The largest absolute Gasteiger partial charge is 0.495 e. The van der Waals surface area contributed by atoms with Crippen LogP contribution in [0.5, 0.6) is 5.75 Å². The van der Waals surface area contributed by atoms with Crippen molar-refractivity contribution in [3.05, 3.63) is 51.8 Å². The number of aryl methyl sites for hydroxylation is 1. The summed E-state index contributed by atoms with van der Waals surface area (Å²) in [5.41, 5.74) is 9.25. The molecule has 2 heterocycles. The molecule has 0 saturated heterocycles. The lowest BCUT2D eigenvalue weighted by Gasteiger charge is -2.05. The minimum Gasteiger partial charge on any atom is -0.495 e. The van der Waals surface area contributed by atoms with Crippen LogP contribution in [-0.2, 0) is 0 Å². The minimum absolute atomic E-state index is 0.405. The summed E-state index contributed by atoms with van der Waals surface area (Å²) in [5, 5.41) is 9.10. The molecule has 0 aliphatic heterocycles. The number of nitriles is 1. The molecule has 3 aromatic rings. The van der Waals surface area contributed by atoms with Crippen LogP contribution >= 0.6 is 15.9 Å². The molecule has 24 heavy (non-hydrogen) atoms. The number of ether oxygens (including phenoxy) is 1. The zero-order valence-electron chi connectivity index (χ0n) is 13.0. The molecule has 0 fully saturated rings. The van der Waals surface area contributed by atoms with Crippen LogP contribution in [0.1, 0.15) is 21.5 Å². The number of hydrogen-bond acceptors (Lipinski definition) is 4. The zero-order chi connectivity index (χ0) is 17.4. The quantitative estimate of drug-likeness (QED) is 0.750. The number of hydrogen-bond donors (Lipinski definition) is 1. The van der Waals surface area contributed by atoms with Gasteiger partial charge in [0.1, 0.15) is 27.8 Å². The summed E-state index contributed by atoms with van der Waals surface area (Å²) in [6.07, 6.45) is 1.64. The molecular weight excluding hydrogens is 372 g/mol. The van der Waals surface area contributed by atoms with E-state index in [1.54, 1.807) is 34.9 Å². The molecule has 1 aromatic carbocycles. The highest BCUT2D eigenvalue weighted by atomic mass is 79.9. The number of nitrogens with zero attached hydrogens (tertiary/aromatic N) is 3. The van der Waals surface area contributed by atoms with Crippen molar-refractivity contribution in [2.45, 2.75) is 6.92 Å². The van der Waals surface area contributed by atoms with E-state index < -0.39 is 5.91 Å². The Morgan fingerprint density at radius 1 is 1.42 bits per heavy atom. The van der Waals surface area contributed by atoms with Gasteiger partial charge in [-0.1, -0.05) is 6.07 Å². The molecule has 0 aliphatic carbocycles. The maximum atomic E-state index is 11.5. The SMILES string of the molecule is COc1cc(-c2nc3c(C)cc(C(N)=O)cn3c2Br)ccc1C#N. The highest BCUT2D eigenvalue weighted by Crippen LogP contribution is 2.33. The molecule has 2 N–H and O–H groups in total. The number of primary amides is 1. The van der Waals surface area contributed by atoms with Crippen molar-refractivity contribution >= 4 is 27.5 Å². The van der Waals surface area contributed by atoms with Gasteiger partial charge in [-0.25, -0.2) is 4.98 Å². The van der Waals surface area contributed by atoms with E-state index >= 15 is 0 Å². The monoisotopic (exact) mass is 384 g/mol. The average molecular weight is 385 g/mol. The van der Waals surface area contributed by atoms with Crippen LogP contribution in [0.25, 0.3) is 16.9 Å². The first-order valence-corrected chi connectivity index (χ1v) is 7.82. The minimum atomic E-state index is -0.498. The Morgan fingerprint density at radius 2 is 2.17 bits per heavy atom. The van der Waals surface area contributed by atoms with Crippen molar-refractivity contribution < 1.29 is 9.53 Å². The number of halogens is 1. The molecule has 0 bridgehead atoms. The van der Waals surface area contributed by atoms with Crippen molar-refractivity contribution in [3.8, 4) is 23.1 Å². The first-order valence-electron chi connectivity index (χ1n) is 7.02. The van der Waals surface area contributed by atoms with Crippen LogP contribution in [-0.4, -0.2) is 22.4 Å². The fraction of sp³-hybridized carbons (Fsp3) is 0.118. The summed E-state index contributed by atoms with van der Waals surface area (Å²) >= 11 is 3.53. The molecule has 0 radical (unpaired) electrons. The second-order valence-electron chi connectivity index (χ2n) is 5.25. The molecule has 3 rings (SSSR count). The molecule has 2 aromatic heterocycles. The van der Waals surface area contributed by atoms with E-state index in [4.69, 9.17) is 15.7 Å². The molecule has 0 unspecified atom stereocenters. The first kappa shape index (κ1) is 16.0. The lowest BCUT2D eigenvalue weighted by atomic mass is 10.1. The first-order chi connectivity index (χ1) is 11.5. The van der Waals surface area contributed by atoms with Gasteiger partial charge >= 0.3 is 0 Å². The van der Waals surface area contributed by atoms with Crippen molar-refractivity contribution in [1.82, 2.24) is 9.38 Å². The summed E-state index contributed by atoms with van der Waals surface area (Å²) in [6.45, 7) is 1.87. The molecule has 0 saturated carbocycles. The van der Waals surface area contributed by atoms with E-state index in [-0.39, 0.29) is 0 Å². The fourth-order valence-electron chi connectivity index (χ4n) is 2.53. The second kappa shape index (κ2) is 5.98. The van der Waals surface area contributed by atoms with E-state index in [1.807, 2.05) is 6.92 Å². The number of pyridine rings is 1. The van der Waals surface area contributed by atoms with E-state index in [0.29, 0.717) is 32.8 Å². The number of methoxy groups -OCH3 is 1. The standard InChI is InChI=1S/C17H13BrN4O2/c1-9-5-12(16(20)23)8-22-15(18)14(21-17(9)22)10-3-4-11(7-19)13(6-10)24-2/h3-6,8H,1-2H3,(H2,20,23). The van der Waals surface area contributed by atoms with Gasteiger partial charge < -0.3 is 10.5 Å². The van der Waals surface area contributed by atoms with Gasteiger partial charge in [0, 0.05) is 11.8 Å². The van der Waals surface area contributed by atoms with Gasteiger partial charge in [0.2, 0.25) is 5.91 Å². The van der Waals surface area contributed by atoms with Gasteiger partial charge in [0.05, 0.1) is 18.2 Å². The third-order valence-electron chi connectivity index (χ3n) is 3.73. The van der Waals surface area contributed by atoms with Crippen LogP contribution in [0.15, 0.2) is 35.1 Å². The Bertz CT molecular complexity index is 1020. The van der Waals surface area contributed by atoms with Crippen LogP contribution in [0.4, 0.5) is 0 Å². The number of amides is 1. The lowest BCUT2D eigenvalue weighted by molar-refractivity contribution is 0.1000. The van der Waals surface area contributed by atoms with Gasteiger partial charge in [-0.3, -0.25) is 9.20 Å². The third kappa shape index (κ3) is 2.51. The lowest BCUT2D eigenvalue weighted by Crippen LogP contribution is -2.12. The number of fused-ring (bicyclic) bond motifs is 1. The van der Waals surface area contributed by atoms with Crippen LogP contribution in [0.2, 0.25) is 0 Å².